The third-order valence-corrected chi connectivity index (χ3v) is 6.67. The second kappa shape index (κ2) is 21.8. The molecule has 0 aliphatic heterocycles. The van der Waals surface area contributed by atoms with Gasteiger partial charge in [-0.2, -0.15) is 0 Å². The van der Waals surface area contributed by atoms with Gasteiger partial charge in [-0.15, -0.1) is 0 Å². The molecule has 3 aromatic carbocycles. The van der Waals surface area contributed by atoms with Gasteiger partial charge in [-0.3, -0.25) is 5.41 Å². The van der Waals surface area contributed by atoms with Gasteiger partial charge in [-0.25, -0.2) is 14.4 Å². The number of hydrogen-bond acceptors (Lipinski definition) is 10. The van der Waals surface area contributed by atoms with Crippen molar-refractivity contribution >= 4 is 29.7 Å². The lowest BCUT2D eigenvalue weighted by Crippen LogP contribution is -2.34. The van der Waals surface area contributed by atoms with E-state index in [4.69, 9.17) is 39.6 Å². The van der Waals surface area contributed by atoms with E-state index in [-0.39, 0.29) is 37.8 Å². The number of anilines is 1. The Balaban J connectivity index is 1.46. The molecule has 0 atom stereocenters. The molecule has 0 saturated heterocycles. The average Bonchev–Trinajstić information content (AvgIpc) is 3.09. The number of ether oxygens (including phenoxy) is 6. The van der Waals surface area contributed by atoms with Crippen molar-refractivity contribution in [2.24, 2.45) is 5.73 Å². The van der Waals surface area contributed by atoms with Crippen LogP contribution in [0, 0.1) is 5.41 Å². The standard InChI is InChI=1S/C35H44N4O10/c1-2-15-44-17-19-46-21-22-47-20-18-45-16-14-39(24-27-4-3-5-29(23-27)32(40)41)35(43)48-25-26-6-12-31(13-7-26)49-33(42)28-8-10-30(11-9-28)38-34(36)37/h3-13,23H,2,14-22,24-25H2,1H3,(H,40,41)(H4,36,37,38). The number of esters is 1. The van der Waals surface area contributed by atoms with Crippen molar-refractivity contribution in [2.45, 2.75) is 26.5 Å². The largest absolute Gasteiger partial charge is 0.478 e. The summed E-state index contributed by atoms with van der Waals surface area (Å²) in [5.74, 6) is -1.55. The Kier molecular flexibility index (Phi) is 17.1. The predicted octanol–water partition coefficient (Wildman–Crippen LogP) is 4.52. The van der Waals surface area contributed by atoms with E-state index in [1.807, 2.05) is 6.92 Å². The summed E-state index contributed by atoms with van der Waals surface area (Å²) in [6.45, 7) is 5.85. The number of aromatic carboxylic acids is 1. The Labute approximate surface area is 285 Å². The van der Waals surface area contributed by atoms with E-state index in [1.165, 1.54) is 17.0 Å². The van der Waals surface area contributed by atoms with Gasteiger partial charge in [-0.05, 0) is 66.1 Å². The number of carbonyl (C=O) groups excluding carboxylic acids is 2. The van der Waals surface area contributed by atoms with E-state index in [0.717, 1.165) is 13.0 Å². The van der Waals surface area contributed by atoms with E-state index in [9.17, 15) is 19.5 Å². The van der Waals surface area contributed by atoms with Gasteiger partial charge in [0.1, 0.15) is 12.4 Å². The van der Waals surface area contributed by atoms with Gasteiger partial charge in [0.05, 0.1) is 57.4 Å². The zero-order valence-electron chi connectivity index (χ0n) is 27.6. The summed E-state index contributed by atoms with van der Waals surface area (Å²) < 4.78 is 32.9. The molecular weight excluding hydrogens is 636 g/mol. The summed E-state index contributed by atoms with van der Waals surface area (Å²) in [6, 6.07) is 19.2. The predicted molar refractivity (Wildman–Crippen MR) is 181 cm³/mol. The highest BCUT2D eigenvalue weighted by molar-refractivity contribution is 5.93. The highest BCUT2D eigenvalue weighted by Crippen LogP contribution is 2.17. The molecule has 49 heavy (non-hydrogen) atoms. The molecule has 0 fully saturated rings. The van der Waals surface area contributed by atoms with Gasteiger partial charge < -0.3 is 49.5 Å². The van der Waals surface area contributed by atoms with Crippen molar-refractivity contribution < 1.29 is 47.9 Å². The van der Waals surface area contributed by atoms with E-state index in [2.05, 4.69) is 5.32 Å². The molecule has 0 aromatic heterocycles. The molecule has 264 valence electrons. The smallest absolute Gasteiger partial charge is 0.410 e. The Bertz CT molecular complexity index is 1470. The van der Waals surface area contributed by atoms with Crippen LogP contribution in [0.25, 0.3) is 0 Å². The molecule has 5 N–H and O–H groups in total. The SMILES string of the molecule is CCCOCCOCCOCCOCCN(Cc1cccc(C(=O)O)c1)C(=O)OCc1ccc(OC(=O)c2ccc(NC(=N)N)cc2)cc1. The molecule has 0 heterocycles. The molecule has 3 rings (SSSR count). The maximum absolute atomic E-state index is 13.1. The fraction of sp³-hybridized carbons (Fsp3) is 0.371. The van der Waals surface area contributed by atoms with E-state index < -0.39 is 18.0 Å². The first-order valence-electron chi connectivity index (χ1n) is 15.8. The van der Waals surface area contributed by atoms with Crippen molar-refractivity contribution in [1.82, 2.24) is 4.90 Å². The molecule has 0 radical (unpaired) electrons. The minimum Gasteiger partial charge on any atom is -0.478 e. The molecule has 0 unspecified atom stereocenters. The van der Waals surface area contributed by atoms with Crippen LogP contribution in [-0.4, -0.2) is 93.4 Å². The number of rotatable bonds is 22. The zero-order valence-corrected chi connectivity index (χ0v) is 27.6. The maximum atomic E-state index is 13.1. The van der Waals surface area contributed by atoms with Crippen LogP contribution in [0.5, 0.6) is 5.75 Å². The van der Waals surface area contributed by atoms with Crippen molar-refractivity contribution in [3.05, 3.63) is 95.1 Å². The normalized spacial score (nSPS) is 10.7. The van der Waals surface area contributed by atoms with Gasteiger partial charge in [0.25, 0.3) is 0 Å². The van der Waals surface area contributed by atoms with Crippen molar-refractivity contribution in [2.75, 3.05) is 64.7 Å². The number of nitrogens with two attached hydrogens (primary N) is 1. The number of carboxylic acids is 1. The van der Waals surface area contributed by atoms with Crippen LogP contribution in [0.3, 0.4) is 0 Å². The number of nitrogens with one attached hydrogen (secondary N) is 2. The number of amides is 1. The first-order valence-corrected chi connectivity index (χ1v) is 15.8. The van der Waals surface area contributed by atoms with Gasteiger partial charge in [-0.1, -0.05) is 31.2 Å². The first-order chi connectivity index (χ1) is 23.7. The number of benzene rings is 3. The number of nitrogens with zero attached hydrogens (tertiary/aromatic N) is 1. The van der Waals surface area contributed by atoms with Gasteiger partial charge in [0.2, 0.25) is 0 Å². The van der Waals surface area contributed by atoms with Gasteiger partial charge in [0.15, 0.2) is 5.96 Å². The Morgan fingerprint density at radius 1 is 0.776 bits per heavy atom. The average molecular weight is 681 g/mol. The molecule has 0 aliphatic carbocycles. The van der Waals surface area contributed by atoms with Gasteiger partial charge >= 0.3 is 18.0 Å². The minimum absolute atomic E-state index is 0.0508. The highest BCUT2D eigenvalue weighted by atomic mass is 16.6. The fourth-order valence-electron chi connectivity index (χ4n) is 4.24. The Morgan fingerprint density at radius 3 is 1.98 bits per heavy atom. The number of carbonyl (C=O) groups is 3. The van der Waals surface area contributed by atoms with Crippen LogP contribution in [0.4, 0.5) is 10.5 Å². The summed E-state index contributed by atoms with van der Waals surface area (Å²) >= 11 is 0. The molecular formula is C35H44N4O10. The van der Waals surface area contributed by atoms with Crippen molar-refractivity contribution in [1.29, 1.82) is 5.41 Å². The number of guanidine groups is 1. The topological polar surface area (TPSA) is 192 Å². The first kappa shape index (κ1) is 38.4. The maximum Gasteiger partial charge on any atom is 0.410 e. The summed E-state index contributed by atoms with van der Waals surface area (Å²) in [6.07, 6.45) is 0.358. The summed E-state index contributed by atoms with van der Waals surface area (Å²) in [4.78, 5) is 38.5. The molecule has 0 bridgehead atoms. The second-order valence-corrected chi connectivity index (χ2v) is 10.6. The Hall–Kier alpha value is -5.02. The lowest BCUT2D eigenvalue weighted by molar-refractivity contribution is -0.00424. The van der Waals surface area contributed by atoms with Crippen molar-refractivity contribution in [3.8, 4) is 5.75 Å². The Morgan fingerprint density at radius 2 is 1.39 bits per heavy atom. The van der Waals surface area contributed by atoms with Crippen LogP contribution < -0.4 is 15.8 Å². The number of hydrogen-bond donors (Lipinski definition) is 4. The fourth-order valence-corrected chi connectivity index (χ4v) is 4.24. The molecule has 0 saturated carbocycles. The van der Waals surface area contributed by atoms with Crippen LogP contribution in [0.1, 0.15) is 45.2 Å². The van der Waals surface area contributed by atoms with E-state index in [0.29, 0.717) is 67.8 Å². The van der Waals surface area contributed by atoms with Crippen LogP contribution in [0.15, 0.2) is 72.8 Å². The molecule has 14 nitrogen and oxygen atoms in total. The molecule has 3 aromatic rings. The lowest BCUT2D eigenvalue weighted by atomic mass is 10.1. The molecule has 0 aliphatic rings. The molecule has 1 amide bonds. The molecule has 14 heteroatoms. The third kappa shape index (κ3) is 15.2. The lowest BCUT2D eigenvalue weighted by Gasteiger charge is -2.22. The second-order valence-electron chi connectivity index (χ2n) is 10.6. The van der Waals surface area contributed by atoms with Crippen LogP contribution in [0.2, 0.25) is 0 Å². The van der Waals surface area contributed by atoms with Crippen LogP contribution in [-0.2, 0) is 36.8 Å². The van der Waals surface area contributed by atoms with Crippen LogP contribution >= 0.6 is 0 Å². The highest BCUT2D eigenvalue weighted by Gasteiger charge is 2.17. The summed E-state index contributed by atoms with van der Waals surface area (Å²) in [5.41, 5.74) is 7.58. The zero-order chi connectivity index (χ0) is 35.3. The molecule has 0 spiro atoms. The third-order valence-electron chi connectivity index (χ3n) is 6.67. The van der Waals surface area contributed by atoms with Crippen molar-refractivity contribution in [3.63, 3.8) is 0 Å². The van der Waals surface area contributed by atoms with E-state index >= 15 is 0 Å². The van der Waals surface area contributed by atoms with Gasteiger partial charge in [0, 0.05) is 25.4 Å². The van der Waals surface area contributed by atoms with E-state index in [1.54, 1.807) is 60.7 Å². The summed E-state index contributed by atoms with van der Waals surface area (Å²) in [7, 11) is 0. The summed E-state index contributed by atoms with van der Waals surface area (Å²) in [5, 5.41) is 19.3. The number of carboxylic acid groups (broad SMARTS) is 1. The minimum atomic E-state index is -1.07. The monoisotopic (exact) mass is 680 g/mol. The quantitative estimate of drug-likeness (QED) is 0.0382.